The van der Waals surface area contributed by atoms with Crippen LogP contribution < -0.4 is 10.8 Å². The summed E-state index contributed by atoms with van der Waals surface area (Å²) in [7, 11) is 0. The molecule has 1 aromatic carbocycles. The largest absolute Gasteiger partial charge is 0.623 e. The van der Waals surface area contributed by atoms with Crippen molar-refractivity contribution in [1.29, 1.82) is 0 Å². The molecule has 0 aliphatic heterocycles. The number of anilines is 1. The zero-order valence-corrected chi connectivity index (χ0v) is 9.55. The fourth-order valence-corrected chi connectivity index (χ4v) is 2.01. The molecule has 3 aromatic rings. The van der Waals surface area contributed by atoms with E-state index < -0.39 is 0 Å². The summed E-state index contributed by atoms with van der Waals surface area (Å²) in [5.41, 5.74) is 8.11. The highest BCUT2D eigenvalue weighted by Crippen LogP contribution is 2.21. The number of aromatic amines is 1. The zero-order chi connectivity index (χ0) is 12.5. The molecule has 90 valence electrons. The van der Waals surface area contributed by atoms with Crippen molar-refractivity contribution in [2.24, 2.45) is 0 Å². The van der Waals surface area contributed by atoms with Gasteiger partial charge in [0.1, 0.15) is 5.52 Å². The van der Waals surface area contributed by atoms with Crippen LogP contribution in [0.2, 0.25) is 0 Å². The first kappa shape index (κ1) is 10.8. The van der Waals surface area contributed by atoms with Crippen molar-refractivity contribution in [3.8, 4) is 0 Å². The Morgan fingerprint density at radius 2 is 2.06 bits per heavy atom. The van der Waals surface area contributed by atoms with Crippen molar-refractivity contribution in [2.45, 2.75) is 0 Å². The van der Waals surface area contributed by atoms with Crippen LogP contribution in [0.5, 0.6) is 0 Å². The van der Waals surface area contributed by atoms with Gasteiger partial charge < -0.3 is 21.0 Å². The van der Waals surface area contributed by atoms with Gasteiger partial charge in [-0.2, -0.15) is 0 Å². The molecule has 2 heterocycles. The standard InChI is InChI=1S/C13H12N4O/c14-10-5-6-15-8-12(10)17(18)11-3-1-2-9-4-7-16-13(9)11/h1-8,16-17H,(H2,14,15). The third-order valence-electron chi connectivity index (χ3n) is 2.93. The maximum absolute atomic E-state index is 12.4. The molecule has 0 saturated carbocycles. The SMILES string of the molecule is Nc1ccncc1[NH+]([O-])c1cccc2cc[nH]c12. The number of nitrogens with zero attached hydrogens (tertiary/aromatic N) is 1. The van der Waals surface area contributed by atoms with Crippen molar-refractivity contribution in [1.82, 2.24) is 9.97 Å². The topological polar surface area (TPSA) is 82.2 Å². The van der Waals surface area contributed by atoms with Crippen molar-refractivity contribution < 1.29 is 5.06 Å². The van der Waals surface area contributed by atoms with Gasteiger partial charge in [-0.05, 0) is 12.1 Å². The van der Waals surface area contributed by atoms with Crippen molar-refractivity contribution in [3.05, 3.63) is 54.1 Å². The van der Waals surface area contributed by atoms with Crippen LogP contribution in [0.3, 0.4) is 0 Å². The summed E-state index contributed by atoms with van der Waals surface area (Å²) in [5, 5.41) is 13.3. The molecule has 0 aliphatic carbocycles. The highest BCUT2D eigenvalue weighted by Gasteiger charge is 2.14. The number of hydrogen-bond donors (Lipinski definition) is 3. The second kappa shape index (κ2) is 4.14. The van der Waals surface area contributed by atoms with E-state index in [1.807, 2.05) is 24.4 Å². The number of nitrogen functional groups attached to an aromatic ring is 1. The predicted octanol–water partition coefficient (Wildman–Crippen LogP) is 1.49. The minimum Gasteiger partial charge on any atom is -0.623 e. The summed E-state index contributed by atoms with van der Waals surface area (Å²) < 4.78 is 0. The number of hydrogen-bond acceptors (Lipinski definition) is 3. The van der Waals surface area contributed by atoms with Gasteiger partial charge in [0.15, 0.2) is 11.4 Å². The highest BCUT2D eigenvalue weighted by atomic mass is 16.5. The molecule has 5 nitrogen and oxygen atoms in total. The van der Waals surface area contributed by atoms with E-state index in [0.717, 1.165) is 10.9 Å². The molecule has 0 aliphatic rings. The van der Waals surface area contributed by atoms with Gasteiger partial charge in [0.2, 0.25) is 0 Å². The van der Waals surface area contributed by atoms with E-state index in [2.05, 4.69) is 9.97 Å². The lowest BCUT2D eigenvalue weighted by Gasteiger charge is -2.22. The average Bonchev–Trinajstić information content (AvgIpc) is 2.86. The number of rotatable bonds is 2. The minimum absolute atomic E-state index is 0.117. The Balaban J connectivity index is 2.15. The molecule has 4 N–H and O–H groups in total. The van der Waals surface area contributed by atoms with E-state index in [-0.39, 0.29) is 5.06 Å². The van der Waals surface area contributed by atoms with Crippen LogP contribution >= 0.6 is 0 Å². The third kappa shape index (κ3) is 1.62. The molecule has 0 radical (unpaired) electrons. The van der Waals surface area contributed by atoms with Gasteiger partial charge in [-0.25, -0.2) is 0 Å². The van der Waals surface area contributed by atoms with E-state index in [1.165, 1.54) is 6.20 Å². The smallest absolute Gasteiger partial charge is 0.178 e. The van der Waals surface area contributed by atoms with E-state index in [4.69, 9.17) is 5.73 Å². The van der Waals surface area contributed by atoms with E-state index in [9.17, 15) is 5.21 Å². The van der Waals surface area contributed by atoms with Gasteiger partial charge in [0, 0.05) is 23.8 Å². The molecule has 0 amide bonds. The summed E-state index contributed by atoms with van der Waals surface area (Å²) >= 11 is 0. The minimum atomic E-state index is -0.117. The second-order valence-electron chi connectivity index (χ2n) is 4.04. The number of quaternary nitrogens is 1. The number of nitrogens with one attached hydrogen (secondary N) is 2. The van der Waals surface area contributed by atoms with Crippen molar-refractivity contribution in [2.75, 3.05) is 5.73 Å². The summed E-state index contributed by atoms with van der Waals surface area (Å²) in [5.74, 6) is 0. The lowest BCUT2D eigenvalue weighted by molar-refractivity contribution is -0.696. The summed E-state index contributed by atoms with van der Waals surface area (Å²) in [6, 6.07) is 9.15. The molecular formula is C13H12N4O. The first-order chi connectivity index (χ1) is 8.77. The molecule has 0 spiro atoms. The average molecular weight is 240 g/mol. The molecule has 0 saturated heterocycles. The Morgan fingerprint density at radius 3 is 2.89 bits per heavy atom. The number of aromatic nitrogens is 2. The van der Waals surface area contributed by atoms with Gasteiger partial charge in [-0.15, -0.1) is 0 Å². The lowest BCUT2D eigenvalue weighted by atomic mass is 10.2. The highest BCUT2D eigenvalue weighted by molar-refractivity contribution is 5.88. The molecule has 1 unspecified atom stereocenters. The molecule has 5 heteroatoms. The van der Waals surface area contributed by atoms with Crippen molar-refractivity contribution >= 4 is 28.0 Å². The number of benzene rings is 1. The van der Waals surface area contributed by atoms with E-state index >= 15 is 0 Å². The van der Waals surface area contributed by atoms with Crippen LogP contribution in [-0.2, 0) is 0 Å². The molecule has 0 fully saturated rings. The van der Waals surface area contributed by atoms with Crippen LogP contribution in [0.1, 0.15) is 0 Å². The Morgan fingerprint density at radius 1 is 1.17 bits per heavy atom. The molecule has 1 atom stereocenters. The summed E-state index contributed by atoms with van der Waals surface area (Å²) in [6.45, 7) is 0. The van der Waals surface area contributed by atoms with Gasteiger partial charge in [-0.1, -0.05) is 12.1 Å². The maximum atomic E-state index is 12.4. The summed E-state index contributed by atoms with van der Waals surface area (Å²) in [4.78, 5) is 7.03. The Hall–Kier alpha value is -2.37. The van der Waals surface area contributed by atoms with Gasteiger partial charge in [-0.3, -0.25) is 4.98 Å². The van der Waals surface area contributed by atoms with E-state index in [1.54, 1.807) is 18.3 Å². The number of para-hydroxylation sites is 1. The molecule has 2 aromatic heterocycles. The van der Waals surface area contributed by atoms with Crippen LogP contribution in [-0.4, -0.2) is 9.97 Å². The monoisotopic (exact) mass is 240 g/mol. The van der Waals surface area contributed by atoms with Crippen LogP contribution in [0.25, 0.3) is 10.9 Å². The van der Waals surface area contributed by atoms with Crippen LogP contribution in [0.15, 0.2) is 48.9 Å². The molecule has 18 heavy (non-hydrogen) atoms. The first-order valence-electron chi connectivity index (χ1n) is 5.57. The Bertz CT molecular complexity index is 692. The number of H-pyrrole nitrogens is 1. The van der Waals surface area contributed by atoms with Crippen molar-refractivity contribution in [3.63, 3.8) is 0 Å². The molecule has 0 bridgehead atoms. The number of nitrogens with two attached hydrogens (primary N) is 1. The van der Waals surface area contributed by atoms with Gasteiger partial charge >= 0.3 is 0 Å². The zero-order valence-electron chi connectivity index (χ0n) is 9.55. The number of pyridine rings is 1. The number of fused-ring (bicyclic) bond motifs is 1. The second-order valence-corrected chi connectivity index (χ2v) is 4.04. The fourth-order valence-electron chi connectivity index (χ4n) is 2.01. The Labute approximate surface area is 103 Å². The van der Waals surface area contributed by atoms with Gasteiger partial charge in [0.05, 0.1) is 11.9 Å². The molecule has 3 rings (SSSR count). The van der Waals surface area contributed by atoms with Crippen LogP contribution in [0.4, 0.5) is 17.1 Å². The summed E-state index contributed by atoms with van der Waals surface area (Å²) in [6.07, 6.45) is 4.88. The van der Waals surface area contributed by atoms with E-state index in [0.29, 0.717) is 17.1 Å². The predicted molar refractivity (Wildman–Crippen MR) is 70.6 cm³/mol. The quantitative estimate of drug-likeness (QED) is 0.593. The molecular weight excluding hydrogens is 228 g/mol. The Kier molecular flexibility index (Phi) is 2.47. The first-order valence-corrected chi connectivity index (χ1v) is 5.57. The third-order valence-corrected chi connectivity index (χ3v) is 2.93. The van der Waals surface area contributed by atoms with Gasteiger partial charge in [0.25, 0.3) is 0 Å². The van der Waals surface area contributed by atoms with Crippen LogP contribution in [0, 0.1) is 5.21 Å². The lowest BCUT2D eigenvalue weighted by Crippen LogP contribution is -2.96. The maximum Gasteiger partial charge on any atom is 0.178 e. The normalized spacial score (nSPS) is 12.7. The fraction of sp³-hybridized carbons (Fsp3) is 0.